The van der Waals surface area contributed by atoms with E-state index in [1.165, 1.54) is 0 Å². The summed E-state index contributed by atoms with van der Waals surface area (Å²) < 4.78 is 4.94. The van der Waals surface area contributed by atoms with E-state index in [2.05, 4.69) is 13.2 Å². The van der Waals surface area contributed by atoms with Crippen molar-refractivity contribution < 1.29 is 4.74 Å². The highest BCUT2D eigenvalue weighted by Gasteiger charge is 2.15. The van der Waals surface area contributed by atoms with Gasteiger partial charge in [0.25, 0.3) is 0 Å². The van der Waals surface area contributed by atoms with Gasteiger partial charge in [0.15, 0.2) is 11.5 Å². The molecule has 0 atom stereocenters. The lowest BCUT2D eigenvalue weighted by atomic mass is 10.4. The van der Waals surface area contributed by atoms with E-state index < -0.39 is 0 Å². The van der Waals surface area contributed by atoms with E-state index in [1.807, 2.05) is 24.3 Å². The Kier molecular flexibility index (Phi) is 1.54. The van der Waals surface area contributed by atoms with Crippen molar-refractivity contribution in [2.24, 2.45) is 0 Å². The van der Waals surface area contributed by atoms with Gasteiger partial charge in [0.1, 0.15) is 0 Å². The molecule has 0 fully saturated rings. The maximum absolute atomic E-state index is 4.94. The summed E-state index contributed by atoms with van der Waals surface area (Å²) in [5, 5.41) is 0. The molecule has 46 valence electrons. The molecule has 9 heavy (non-hydrogen) atoms. The predicted octanol–water partition coefficient (Wildman–Crippen LogP) is 2.59. The van der Waals surface area contributed by atoms with Gasteiger partial charge in [-0.3, -0.25) is 0 Å². The van der Waals surface area contributed by atoms with Crippen molar-refractivity contribution in [1.82, 2.24) is 0 Å². The van der Waals surface area contributed by atoms with Gasteiger partial charge in [0.05, 0.1) is 0 Å². The van der Waals surface area contributed by atoms with Gasteiger partial charge in [-0.15, -0.1) is 13.2 Å². The Morgan fingerprint density at radius 3 is 1.78 bits per heavy atom. The molecule has 0 spiro atoms. The van der Waals surface area contributed by atoms with Crippen LogP contribution in [0.15, 0.2) is 37.4 Å². The molecule has 2 rings (SSSR count). The molecule has 1 aliphatic rings. The van der Waals surface area contributed by atoms with Crippen LogP contribution in [0, 0.1) is 0 Å². The average Bonchev–Trinajstić information content (AvgIpc) is 2.69. The molecule has 1 aromatic carbocycles. The maximum atomic E-state index is 4.94. The van der Waals surface area contributed by atoms with Gasteiger partial charge in [-0.05, 0) is 12.1 Å². The third-order valence-corrected chi connectivity index (χ3v) is 1.03. The standard InChI is InChI=1S/C6H4O.C2H4/c1-2-4-6-5(3-1)7-6;1-2/h1-4H;1-2H2. The average molecular weight is 120 g/mol. The Labute approximate surface area is 54.6 Å². The molecule has 1 heterocycles. The maximum Gasteiger partial charge on any atom is 0.170 e. The van der Waals surface area contributed by atoms with Crippen LogP contribution in [-0.4, -0.2) is 0 Å². The summed E-state index contributed by atoms with van der Waals surface area (Å²) >= 11 is 0. The number of rotatable bonds is 0. The summed E-state index contributed by atoms with van der Waals surface area (Å²) in [5.74, 6) is 2.06. The van der Waals surface area contributed by atoms with Crippen molar-refractivity contribution >= 4 is 0 Å². The van der Waals surface area contributed by atoms with E-state index in [9.17, 15) is 0 Å². The van der Waals surface area contributed by atoms with Gasteiger partial charge in [-0.25, -0.2) is 0 Å². The molecular weight excluding hydrogens is 112 g/mol. The Bertz CT molecular complexity index is 184. The summed E-state index contributed by atoms with van der Waals surface area (Å²) in [5.41, 5.74) is 0. The predicted molar refractivity (Wildman–Crippen MR) is 37.8 cm³/mol. The summed E-state index contributed by atoms with van der Waals surface area (Å²) in [6.07, 6.45) is 0. The lowest BCUT2D eigenvalue weighted by molar-refractivity contribution is 0.650. The Balaban J connectivity index is 0.000000186. The lowest BCUT2D eigenvalue weighted by Gasteiger charge is -1.61. The zero-order chi connectivity index (χ0) is 6.69. The number of benzene rings is 1. The highest BCUT2D eigenvalue weighted by atomic mass is 16.6. The molecule has 1 nitrogen and oxygen atoms in total. The second-order valence-corrected chi connectivity index (χ2v) is 1.55. The normalized spacial score (nSPS) is 9.78. The van der Waals surface area contributed by atoms with E-state index in [4.69, 9.17) is 4.74 Å². The van der Waals surface area contributed by atoms with E-state index in [0.29, 0.717) is 0 Å². The monoisotopic (exact) mass is 120 g/mol. The highest BCUT2D eigenvalue weighted by molar-refractivity contribution is 5.53. The minimum Gasteiger partial charge on any atom is -0.450 e. The zero-order valence-electron chi connectivity index (χ0n) is 5.13. The van der Waals surface area contributed by atoms with E-state index in [0.717, 1.165) is 11.5 Å². The molecule has 0 saturated heterocycles. The van der Waals surface area contributed by atoms with Gasteiger partial charge < -0.3 is 4.74 Å². The molecule has 1 aliphatic heterocycles. The van der Waals surface area contributed by atoms with Crippen molar-refractivity contribution in [2.45, 2.75) is 0 Å². The van der Waals surface area contributed by atoms with Crippen LogP contribution in [0.3, 0.4) is 0 Å². The Morgan fingerprint density at radius 1 is 1.00 bits per heavy atom. The number of hydrogen-bond donors (Lipinski definition) is 0. The Morgan fingerprint density at radius 2 is 1.44 bits per heavy atom. The zero-order valence-corrected chi connectivity index (χ0v) is 5.13. The van der Waals surface area contributed by atoms with E-state index in [-0.39, 0.29) is 0 Å². The van der Waals surface area contributed by atoms with Crippen LogP contribution in [0.5, 0.6) is 11.5 Å². The first-order chi connectivity index (χ1) is 4.47. The first-order valence-electron chi connectivity index (χ1n) is 2.74. The number of para-hydroxylation sites is 2. The molecule has 1 heteroatoms. The van der Waals surface area contributed by atoms with Crippen molar-refractivity contribution in [2.75, 3.05) is 0 Å². The van der Waals surface area contributed by atoms with Crippen LogP contribution in [0.2, 0.25) is 0 Å². The third-order valence-electron chi connectivity index (χ3n) is 1.03. The molecule has 0 saturated carbocycles. The van der Waals surface area contributed by atoms with Gasteiger partial charge in [-0.1, -0.05) is 12.1 Å². The summed E-state index contributed by atoms with van der Waals surface area (Å²) in [6.45, 7) is 6.00. The molecule has 0 amide bonds. The molecule has 0 radical (unpaired) electrons. The minimum atomic E-state index is 1.03. The van der Waals surface area contributed by atoms with Gasteiger partial charge in [-0.2, -0.15) is 0 Å². The summed E-state index contributed by atoms with van der Waals surface area (Å²) in [6, 6.07) is 7.84. The number of hydrogen-bond acceptors (Lipinski definition) is 1. The van der Waals surface area contributed by atoms with Crippen LogP contribution in [0.1, 0.15) is 0 Å². The molecule has 0 N–H and O–H groups in total. The van der Waals surface area contributed by atoms with Crippen molar-refractivity contribution in [1.29, 1.82) is 0 Å². The second-order valence-electron chi connectivity index (χ2n) is 1.55. The molecule has 0 unspecified atom stereocenters. The molecule has 0 aromatic heterocycles. The van der Waals surface area contributed by atoms with Crippen LogP contribution in [-0.2, 0) is 0 Å². The van der Waals surface area contributed by atoms with Crippen LogP contribution in [0.25, 0.3) is 0 Å². The van der Waals surface area contributed by atoms with Crippen molar-refractivity contribution in [3.63, 3.8) is 0 Å². The van der Waals surface area contributed by atoms with Crippen LogP contribution in [0.4, 0.5) is 0 Å². The minimum absolute atomic E-state index is 1.03. The topological polar surface area (TPSA) is 12.5 Å². The Hall–Kier alpha value is -1.24. The number of ether oxygens (including phenoxy) is 1. The highest BCUT2D eigenvalue weighted by Crippen LogP contribution is 2.43. The van der Waals surface area contributed by atoms with E-state index in [1.54, 1.807) is 0 Å². The van der Waals surface area contributed by atoms with Crippen molar-refractivity contribution in [3.05, 3.63) is 37.4 Å². The van der Waals surface area contributed by atoms with Gasteiger partial charge in [0, 0.05) is 0 Å². The first kappa shape index (κ1) is 5.89. The number of fused-ring (bicyclic) bond motifs is 1. The fraction of sp³-hybridized carbons (Fsp3) is 0. The van der Waals surface area contributed by atoms with Crippen molar-refractivity contribution in [3.8, 4) is 11.5 Å². The van der Waals surface area contributed by atoms with Gasteiger partial charge >= 0.3 is 0 Å². The third kappa shape index (κ3) is 1.11. The SMILES string of the molecule is C=C.c1ccc2c(c1)O2. The lowest BCUT2D eigenvalue weighted by Crippen LogP contribution is -1.37. The summed E-state index contributed by atoms with van der Waals surface area (Å²) in [7, 11) is 0. The molecule has 0 bridgehead atoms. The van der Waals surface area contributed by atoms with E-state index >= 15 is 0 Å². The fourth-order valence-electron chi connectivity index (χ4n) is 0.611. The largest absolute Gasteiger partial charge is 0.450 e. The van der Waals surface area contributed by atoms with Crippen LogP contribution >= 0.6 is 0 Å². The van der Waals surface area contributed by atoms with Gasteiger partial charge in [0.2, 0.25) is 0 Å². The van der Waals surface area contributed by atoms with Crippen LogP contribution < -0.4 is 4.74 Å². The smallest absolute Gasteiger partial charge is 0.170 e. The first-order valence-corrected chi connectivity index (χ1v) is 2.74. The molecule has 1 aromatic rings. The molecular formula is C8H8O. The second kappa shape index (κ2) is 2.35. The molecule has 0 aliphatic carbocycles. The fourth-order valence-corrected chi connectivity index (χ4v) is 0.611. The quantitative estimate of drug-likeness (QED) is 0.384. The summed E-state index contributed by atoms with van der Waals surface area (Å²) in [4.78, 5) is 0.